The van der Waals surface area contributed by atoms with Crippen molar-refractivity contribution >= 4 is 11.8 Å². The van der Waals surface area contributed by atoms with Crippen molar-refractivity contribution in [3.05, 3.63) is 0 Å². The van der Waals surface area contributed by atoms with E-state index in [9.17, 15) is 4.79 Å². The highest BCUT2D eigenvalue weighted by molar-refractivity contribution is 5.81. The quantitative estimate of drug-likeness (QED) is 0.339. The topological polar surface area (TPSA) is 102 Å². The molecule has 2 rings (SSSR count). The first-order chi connectivity index (χ1) is 9.38. The van der Waals surface area contributed by atoms with E-state index in [0.29, 0.717) is 6.42 Å². The zero-order valence-corrected chi connectivity index (χ0v) is 12.0. The lowest BCUT2D eigenvalue weighted by Crippen LogP contribution is -2.36. The molecule has 2 aliphatic heterocycles. The van der Waals surface area contributed by atoms with Gasteiger partial charge in [0.25, 0.3) is 0 Å². The van der Waals surface area contributed by atoms with E-state index in [4.69, 9.17) is 29.5 Å². The van der Waals surface area contributed by atoms with Crippen LogP contribution in [0.4, 0.5) is 0 Å². The molecule has 4 unspecified atom stereocenters. The predicted molar refractivity (Wildman–Crippen MR) is 67.5 cm³/mol. The zero-order valence-electron chi connectivity index (χ0n) is 12.0. The molecule has 0 aromatic heterocycles. The van der Waals surface area contributed by atoms with E-state index < -0.39 is 36.4 Å². The molecule has 114 valence electrons. The first kappa shape index (κ1) is 15.2. The van der Waals surface area contributed by atoms with Crippen molar-refractivity contribution in [2.75, 3.05) is 7.11 Å². The minimum atomic E-state index is -0.958. The van der Waals surface area contributed by atoms with Crippen LogP contribution in [0.2, 0.25) is 0 Å². The van der Waals surface area contributed by atoms with E-state index in [0.717, 1.165) is 0 Å². The highest BCUT2D eigenvalue weighted by Gasteiger charge is 2.58. The fourth-order valence-corrected chi connectivity index (χ4v) is 2.16. The summed E-state index contributed by atoms with van der Waals surface area (Å²) < 4.78 is 21.9. The number of oxime groups is 1. The molecule has 0 aromatic carbocycles. The number of fused-ring (bicyclic) bond motifs is 1. The minimum absolute atomic E-state index is 0.222. The molecule has 4 atom stereocenters. The molecule has 2 heterocycles. The smallest absolute Gasteiger partial charge is 0.366 e. The van der Waals surface area contributed by atoms with Crippen LogP contribution in [0, 0.1) is 0 Å². The van der Waals surface area contributed by atoms with E-state index >= 15 is 0 Å². The second-order valence-electron chi connectivity index (χ2n) is 5.07. The Kier molecular flexibility index (Phi) is 4.28. The summed E-state index contributed by atoms with van der Waals surface area (Å²) in [4.78, 5) is 16.7. The first-order valence-corrected chi connectivity index (χ1v) is 6.45. The molecule has 0 bridgehead atoms. The Bertz CT molecular complexity index is 411. The fraction of sp³-hybridized carbons (Fsp3) is 0.833. The molecule has 0 aliphatic carbocycles. The van der Waals surface area contributed by atoms with Gasteiger partial charge in [0.1, 0.15) is 18.0 Å². The van der Waals surface area contributed by atoms with Crippen molar-refractivity contribution in [2.24, 2.45) is 10.9 Å². The molecule has 0 saturated carbocycles. The highest BCUT2D eigenvalue weighted by atomic mass is 16.8. The number of ether oxygens (including phenoxy) is 4. The molecule has 0 aromatic rings. The second-order valence-corrected chi connectivity index (χ2v) is 5.07. The van der Waals surface area contributed by atoms with Crippen LogP contribution in [-0.4, -0.2) is 49.3 Å². The average molecular weight is 288 g/mol. The molecule has 8 heteroatoms. The van der Waals surface area contributed by atoms with E-state index in [-0.39, 0.29) is 5.84 Å². The van der Waals surface area contributed by atoms with Crippen LogP contribution in [0.25, 0.3) is 0 Å². The monoisotopic (exact) mass is 288 g/mol. The minimum Gasteiger partial charge on any atom is -0.384 e. The third-order valence-corrected chi connectivity index (χ3v) is 3.09. The van der Waals surface area contributed by atoms with Gasteiger partial charge in [-0.05, 0) is 13.8 Å². The number of carbonyl (C=O) groups excluding carboxylic acids is 1. The van der Waals surface area contributed by atoms with Crippen molar-refractivity contribution in [3.8, 4) is 0 Å². The molecular formula is C12H20N2O6. The molecule has 2 saturated heterocycles. The summed E-state index contributed by atoms with van der Waals surface area (Å²) in [5.41, 5.74) is 5.47. The van der Waals surface area contributed by atoms with Crippen LogP contribution in [0.5, 0.6) is 0 Å². The summed E-state index contributed by atoms with van der Waals surface area (Å²) in [5, 5.41) is 3.52. The molecular weight excluding hydrogens is 268 g/mol. The van der Waals surface area contributed by atoms with Gasteiger partial charge in [0, 0.05) is 13.5 Å². The average Bonchev–Trinajstić information content (AvgIpc) is 2.88. The summed E-state index contributed by atoms with van der Waals surface area (Å²) in [6.45, 7) is 5.31. The maximum absolute atomic E-state index is 12.0. The van der Waals surface area contributed by atoms with Gasteiger partial charge in [-0.1, -0.05) is 12.1 Å². The number of nitrogens with two attached hydrogens (primary N) is 1. The molecule has 0 spiro atoms. The van der Waals surface area contributed by atoms with Crippen molar-refractivity contribution in [2.45, 2.75) is 57.6 Å². The van der Waals surface area contributed by atoms with Crippen molar-refractivity contribution in [1.82, 2.24) is 0 Å². The number of hydrogen-bond acceptors (Lipinski definition) is 7. The van der Waals surface area contributed by atoms with Gasteiger partial charge >= 0.3 is 5.97 Å². The lowest BCUT2D eigenvalue weighted by Gasteiger charge is -2.22. The zero-order chi connectivity index (χ0) is 14.9. The summed E-state index contributed by atoms with van der Waals surface area (Å²) in [6, 6.07) is 0. The lowest BCUT2D eigenvalue weighted by atomic mass is 10.1. The van der Waals surface area contributed by atoms with Gasteiger partial charge in [0.05, 0.1) is 0 Å². The van der Waals surface area contributed by atoms with E-state index in [1.807, 2.05) is 0 Å². The van der Waals surface area contributed by atoms with Crippen LogP contribution >= 0.6 is 0 Å². The van der Waals surface area contributed by atoms with Gasteiger partial charge in [0.15, 0.2) is 18.2 Å². The van der Waals surface area contributed by atoms with Crippen molar-refractivity contribution < 1.29 is 28.6 Å². The molecule has 2 N–H and O–H groups in total. The molecule has 2 fully saturated rings. The van der Waals surface area contributed by atoms with Gasteiger partial charge in [-0.15, -0.1) is 0 Å². The van der Waals surface area contributed by atoms with Gasteiger partial charge in [-0.3, -0.25) is 0 Å². The summed E-state index contributed by atoms with van der Waals surface area (Å²) in [6.07, 6.45) is -2.24. The third kappa shape index (κ3) is 2.93. The summed E-state index contributed by atoms with van der Waals surface area (Å²) in [7, 11) is 1.47. The molecule has 0 radical (unpaired) electrons. The maximum atomic E-state index is 12.0. The number of carbonyl (C=O) groups is 1. The van der Waals surface area contributed by atoms with Crippen LogP contribution in [0.3, 0.4) is 0 Å². The van der Waals surface area contributed by atoms with E-state index in [2.05, 4.69) is 5.16 Å². The largest absolute Gasteiger partial charge is 0.384 e. The number of rotatable bonds is 4. The Hall–Kier alpha value is -1.22. The highest BCUT2D eigenvalue weighted by Crippen LogP contribution is 2.39. The Morgan fingerprint density at radius 1 is 1.35 bits per heavy atom. The van der Waals surface area contributed by atoms with Crippen LogP contribution in [0.15, 0.2) is 5.16 Å². The van der Waals surface area contributed by atoms with Crippen molar-refractivity contribution in [1.29, 1.82) is 0 Å². The summed E-state index contributed by atoms with van der Waals surface area (Å²) >= 11 is 0. The van der Waals surface area contributed by atoms with E-state index in [1.165, 1.54) is 7.11 Å². The molecule has 20 heavy (non-hydrogen) atoms. The Labute approximate surface area is 117 Å². The Balaban J connectivity index is 2.07. The predicted octanol–water partition coefficient (Wildman–Crippen LogP) is 0.103. The molecule has 8 nitrogen and oxygen atoms in total. The maximum Gasteiger partial charge on any atom is 0.366 e. The second kappa shape index (κ2) is 5.65. The third-order valence-electron chi connectivity index (χ3n) is 3.09. The normalized spacial score (nSPS) is 35.9. The number of amidine groups is 1. The van der Waals surface area contributed by atoms with Gasteiger partial charge in [-0.2, -0.15) is 0 Å². The SMILES string of the molecule is CC/C(N)=N/OC(=O)C1OC(OC)C2OC(C)(C)OC12. The number of hydrogen-bond donors (Lipinski definition) is 1. The summed E-state index contributed by atoms with van der Waals surface area (Å²) in [5.74, 6) is -1.27. The van der Waals surface area contributed by atoms with Gasteiger partial charge < -0.3 is 29.5 Å². The van der Waals surface area contributed by atoms with Crippen LogP contribution in [0.1, 0.15) is 27.2 Å². The number of methoxy groups -OCH3 is 1. The Morgan fingerprint density at radius 2 is 2.00 bits per heavy atom. The van der Waals surface area contributed by atoms with Crippen molar-refractivity contribution in [3.63, 3.8) is 0 Å². The Morgan fingerprint density at radius 3 is 2.60 bits per heavy atom. The van der Waals surface area contributed by atoms with Gasteiger partial charge in [0.2, 0.25) is 0 Å². The molecule has 0 amide bonds. The fourth-order valence-electron chi connectivity index (χ4n) is 2.16. The first-order valence-electron chi connectivity index (χ1n) is 6.45. The number of nitrogens with zero attached hydrogens (tertiary/aromatic N) is 1. The lowest BCUT2D eigenvalue weighted by molar-refractivity contribution is -0.230. The van der Waals surface area contributed by atoms with Crippen LogP contribution < -0.4 is 5.73 Å². The van der Waals surface area contributed by atoms with E-state index in [1.54, 1.807) is 20.8 Å². The molecule has 2 aliphatic rings. The standard InChI is InChI=1S/C12H20N2O6/c1-5-6(13)14-20-10(15)8-7-9(11(16-4)17-8)19-12(2,3)18-7/h7-9,11H,5H2,1-4H3,(H2,13,14). The van der Waals surface area contributed by atoms with Gasteiger partial charge in [-0.25, -0.2) is 4.79 Å². The van der Waals surface area contributed by atoms with Crippen LogP contribution in [-0.2, 0) is 28.6 Å².